The van der Waals surface area contributed by atoms with E-state index in [0.717, 1.165) is 0 Å². The van der Waals surface area contributed by atoms with Crippen LogP contribution in [0, 0.1) is 0 Å². The summed E-state index contributed by atoms with van der Waals surface area (Å²) in [4.78, 5) is 13.2. The zero-order valence-corrected chi connectivity index (χ0v) is 9.27. The molecule has 0 atom stereocenters. The number of nitrogens with zero attached hydrogens (tertiary/aromatic N) is 1. The molecule has 0 aromatic rings. The number of amides is 2. The first-order chi connectivity index (χ1) is 5.90. The zero-order valence-electron chi connectivity index (χ0n) is 9.27. The normalized spacial score (nSPS) is 11.5. The molecule has 0 fully saturated rings. The Morgan fingerprint density at radius 2 is 1.85 bits per heavy atom. The number of urea groups is 1. The molecule has 2 amide bonds. The molecule has 4 heteroatoms. The van der Waals surface area contributed by atoms with Gasteiger partial charge in [0, 0.05) is 18.6 Å². The molecule has 0 rings (SSSR count). The van der Waals surface area contributed by atoms with E-state index < -0.39 is 0 Å². The van der Waals surface area contributed by atoms with E-state index in [1.165, 1.54) is 0 Å². The van der Waals surface area contributed by atoms with E-state index in [1.54, 1.807) is 0 Å². The van der Waals surface area contributed by atoms with Crippen LogP contribution >= 0.6 is 0 Å². The molecule has 0 radical (unpaired) electrons. The highest BCUT2D eigenvalue weighted by molar-refractivity contribution is 5.73. The number of rotatable bonds is 4. The second-order valence-electron chi connectivity index (χ2n) is 3.92. The number of carbonyl (C=O) groups is 1. The van der Waals surface area contributed by atoms with Crippen LogP contribution in [0.25, 0.3) is 0 Å². The Hall–Kier alpha value is -0.770. The third-order valence-corrected chi connectivity index (χ3v) is 2.23. The van der Waals surface area contributed by atoms with Gasteiger partial charge in [0.05, 0.1) is 0 Å². The molecule has 0 saturated heterocycles. The molecule has 0 aliphatic rings. The maximum absolute atomic E-state index is 11.1. The van der Waals surface area contributed by atoms with Gasteiger partial charge in [0.1, 0.15) is 0 Å². The molecular formula is C9H21N3O. The van der Waals surface area contributed by atoms with E-state index in [0.29, 0.717) is 13.1 Å². The molecule has 0 bridgehead atoms. The molecule has 0 aromatic heterocycles. The van der Waals surface area contributed by atoms with Gasteiger partial charge in [0.15, 0.2) is 0 Å². The van der Waals surface area contributed by atoms with E-state index in [9.17, 15) is 4.79 Å². The van der Waals surface area contributed by atoms with Crippen molar-refractivity contribution in [3.63, 3.8) is 0 Å². The first-order valence-corrected chi connectivity index (χ1v) is 4.59. The average Bonchev–Trinajstić information content (AvgIpc) is 2.01. The fraction of sp³-hybridized carbons (Fsp3) is 0.889. The minimum Gasteiger partial charge on any atom is -0.338 e. The summed E-state index contributed by atoms with van der Waals surface area (Å²) in [7, 11) is 4.00. The summed E-state index contributed by atoms with van der Waals surface area (Å²) in [6.45, 7) is 7.37. The second-order valence-corrected chi connectivity index (χ2v) is 3.92. The summed E-state index contributed by atoms with van der Waals surface area (Å²) in [5, 5.41) is 5.50. The molecule has 2 N–H and O–H groups in total. The van der Waals surface area contributed by atoms with Gasteiger partial charge in [0.25, 0.3) is 0 Å². The van der Waals surface area contributed by atoms with Gasteiger partial charge < -0.3 is 15.5 Å². The lowest BCUT2D eigenvalue weighted by atomic mass is 10.1. The Balaban J connectivity index is 3.81. The number of nitrogens with one attached hydrogen (secondary N) is 2. The van der Waals surface area contributed by atoms with Gasteiger partial charge in [-0.25, -0.2) is 4.79 Å². The molecule has 13 heavy (non-hydrogen) atoms. The Morgan fingerprint density at radius 3 is 2.23 bits per heavy atom. The van der Waals surface area contributed by atoms with Crippen molar-refractivity contribution in [1.29, 1.82) is 0 Å². The average molecular weight is 187 g/mol. The quantitative estimate of drug-likeness (QED) is 0.678. The van der Waals surface area contributed by atoms with Crippen molar-refractivity contribution in [2.75, 3.05) is 27.2 Å². The number of likely N-dealkylation sites (N-methyl/N-ethyl adjacent to an activating group) is 1. The largest absolute Gasteiger partial charge is 0.338 e. The monoisotopic (exact) mass is 187 g/mol. The molecule has 0 saturated carbocycles. The minimum absolute atomic E-state index is 0.00885. The van der Waals surface area contributed by atoms with Gasteiger partial charge in [-0.2, -0.15) is 0 Å². The van der Waals surface area contributed by atoms with Crippen molar-refractivity contribution in [3.05, 3.63) is 0 Å². The zero-order chi connectivity index (χ0) is 10.5. The molecule has 0 aromatic carbocycles. The molecule has 0 aliphatic heterocycles. The van der Waals surface area contributed by atoms with Gasteiger partial charge in [-0.05, 0) is 34.9 Å². The Kier molecular flexibility index (Phi) is 4.77. The van der Waals surface area contributed by atoms with Gasteiger partial charge in [-0.1, -0.05) is 0 Å². The summed E-state index contributed by atoms with van der Waals surface area (Å²) in [5.41, 5.74) is -0.00885. The lowest BCUT2D eigenvalue weighted by Crippen LogP contribution is -2.50. The fourth-order valence-corrected chi connectivity index (χ4v) is 0.678. The highest BCUT2D eigenvalue weighted by Crippen LogP contribution is 2.07. The summed E-state index contributed by atoms with van der Waals surface area (Å²) < 4.78 is 0. The second kappa shape index (κ2) is 5.07. The van der Waals surface area contributed by atoms with E-state index in [1.807, 2.05) is 21.0 Å². The van der Waals surface area contributed by atoms with Crippen molar-refractivity contribution >= 4 is 6.03 Å². The number of hydrogen-bond acceptors (Lipinski definition) is 2. The lowest BCUT2D eigenvalue weighted by molar-refractivity contribution is 0.186. The van der Waals surface area contributed by atoms with Gasteiger partial charge in [-0.3, -0.25) is 0 Å². The molecule has 4 nitrogen and oxygen atoms in total. The first-order valence-electron chi connectivity index (χ1n) is 4.59. The van der Waals surface area contributed by atoms with Crippen LogP contribution in [-0.4, -0.2) is 43.7 Å². The van der Waals surface area contributed by atoms with Crippen molar-refractivity contribution < 1.29 is 4.79 Å². The summed E-state index contributed by atoms with van der Waals surface area (Å²) in [6.07, 6.45) is 0. The van der Waals surface area contributed by atoms with Crippen LogP contribution in [-0.2, 0) is 0 Å². The van der Waals surface area contributed by atoms with Gasteiger partial charge >= 0.3 is 6.03 Å². The maximum atomic E-state index is 11.1. The third kappa shape index (κ3) is 4.72. The van der Waals surface area contributed by atoms with E-state index in [2.05, 4.69) is 29.4 Å². The predicted molar refractivity (Wildman–Crippen MR) is 54.8 cm³/mol. The topological polar surface area (TPSA) is 44.4 Å². The highest BCUT2D eigenvalue weighted by atomic mass is 16.2. The molecule has 0 unspecified atom stereocenters. The lowest BCUT2D eigenvalue weighted by Gasteiger charge is -2.32. The van der Waals surface area contributed by atoms with E-state index in [-0.39, 0.29) is 11.6 Å². The molecule has 0 heterocycles. The molecule has 0 aliphatic carbocycles. The van der Waals surface area contributed by atoms with Crippen molar-refractivity contribution in [3.8, 4) is 0 Å². The van der Waals surface area contributed by atoms with Crippen molar-refractivity contribution in [2.45, 2.75) is 26.3 Å². The fourth-order valence-electron chi connectivity index (χ4n) is 0.678. The maximum Gasteiger partial charge on any atom is 0.314 e. The van der Waals surface area contributed by atoms with E-state index >= 15 is 0 Å². The number of hydrogen-bond donors (Lipinski definition) is 2. The van der Waals surface area contributed by atoms with Crippen LogP contribution in [0.2, 0.25) is 0 Å². The number of carbonyl (C=O) groups excluding carboxylic acids is 1. The summed E-state index contributed by atoms with van der Waals surface area (Å²) in [6, 6.07) is -0.0996. The van der Waals surface area contributed by atoms with E-state index in [4.69, 9.17) is 0 Å². The Bertz CT molecular complexity index is 166. The Labute approximate surface area is 80.7 Å². The van der Waals surface area contributed by atoms with Crippen LogP contribution in [0.15, 0.2) is 0 Å². The van der Waals surface area contributed by atoms with Crippen LogP contribution in [0.3, 0.4) is 0 Å². The highest BCUT2D eigenvalue weighted by Gasteiger charge is 2.20. The predicted octanol–water partition coefficient (Wildman–Crippen LogP) is 0.646. The standard InChI is InChI=1S/C9H21N3O/c1-6-10-8(13)11-7-9(2,3)12(4)5/h6-7H2,1-5H3,(H2,10,11,13). The van der Waals surface area contributed by atoms with Gasteiger partial charge in [0.2, 0.25) is 0 Å². The van der Waals surface area contributed by atoms with Gasteiger partial charge in [-0.15, -0.1) is 0 Å². The van der Waals surface area contributed by atoms with Crippen LogP contribution in [0.5, 0.6) is 0 Å². The van der Waals surface area contributed by atoms with Crippen molar-refractivity contribution in [2.24, 2.45) is 0 Å². The minimum atomic E-state index is -0.0996. The molecular weight excluding hydrogens is 166 g/mol. The van der Waals surface area contributed by atoms with Crippen molar-refractivity contribution in [1.82, 2.24) is 15.5 Å². The summed E-state index contributed by atoms with van der Waals surface area (Å²) in [5.74, 6) is 0. The van der Waals surface area contributed by atoms with Crippen LogP contribution in [0.4, 0.5) is 4.79 Å². The van der Waals surface area contributed by atoms with Crippen LogP contribution in [0.1, 0.15) is 20.8 Å². The SMILES string of the molecule is CCNC(=O)NCC(C)(C)N(C)C. The van der Waals surface area contributed by atoms with Crippen LogP contribution < -0.4 is 10.6 Å². The molecule has 78 valence electrons. The Morgan fingerprint density at radius 1 is 1.31 bits per heavy atom. The summed E-state index contributed by atoms with van der Waals surface area (Å²) >= 11 is 0. The smallest absolute Gasteiger partial charge is 0.314 e. The third-order valence-electron chi connectivity index (χ3n) is 2.23. The molecule has 0 spiro atoms. The first kappa shape index (κ1) is 12.2.